The summed E-state index contributed by atoms with van der Waals surface area (Å²) >= 11 is 0. The molecule has 8 heteroatoms. The average Bonchev–Trinajstić information content (AvgIpc) is 3.39. The maximum Gasteiger partial charge on any atom is 0.335 e. The van der Waals surface area contributed by atoms with Crippen molar-refractivity contribution in [3.05, 3.63) is 82.2 Å². The number of benzene rings is 2. The third-order valence-corrected chi connectivity index (χ3v) is 5.40. The summed E-state index contributed by atoms with van der Waals surface area (Å²) in [5.41, 5.74) is 4.24. The van der Waals surface area contributed by atoms with Crippen molar-refractivity contribution in [3.63, 3.8) is 0 Å². The monoisotopic (exact) mass is 443 g/mol. The van der Waals surface area contributed by atoms with Gasteiger partial charge in [-0.1, -0.05) is 6.07 Å². The maximum atomic E-state index is 12.6. The molecule has 1 aromatic heterocycles. The number of rotatable bonds is 6. The van der Waals surface area contributed by atoms with Crippen molar-refractivity contribution in [1.82, 2.24) is 9.88 Å². The maximum absolute atomic E-state index is 12.6. The summed E-state index contributed by atoms with van der Waals surface area (Å²) in [4.78, 5) is 23.7. The van der Waals surface area contributed by atoms with Crippen LogP contribution in [-0.4, -0.2) is 28.3 Å². The van der Waals surface area contributed by atoms with Gasteiger partial charge in [-0.25, -0.2) is 4.79 Å². The standard InChI is InChI=1S/C25H21N3O5/c1-15-9-19(16(2)28(15)21-6-4-18(5-7-21)25(30)31)11-20(12-26)24(29)27-13-17-3-8-22-23(10-17)33-14-32-22/h3-11H,13-14H2,1-2H3,(H,27,29)(H,30,31)/b20-11+. The Balaban J connectivity index is 1.53. The summed E-state index contributed by atoms with van der Waals surface area (Å²) < 4.78 is 12.6. The number of carboxylic acid groups (broad SMARTS) is 1. The van der Waals surface area contributed by atoms with E-state index >= 15 is 0 Å². The van der Waals surface area contributed by atoms with E-state index in [-0.39, 0.29) is 24.5 Å². The molecule has 2 N–H and O–H groups in total. The molecule has 1 aliphatic rings. The fraction of sp³-hybridized carbons (Fsp3) is 0.160. The normalized spacial score (nSPS) is 12.3. The Bertz CT molecular complexity index is 1310. The third-order valence-electron chi connectivity index (χ3n) is 5.40. The fourth-order valence-corrected chi connectivity index (χ4v) is 3.72. The Kier molecular flexibility index (Phi) is 5.87. The van der Waals surface area contributed by atoms with Crippen LogP contribution in [0.25, 0.3) is 11.8 Å². The number of aromatic nitrogens is 1. The fourth-order valence-electron chi connectivity index (χ4n) is 3.72. The SMILES string of the molecule is Cc1cc(/C=C(\C#N)C(=O)NCc2ccc3c(c2)OCO3)c(C)n1-c1ccc(C(=O)O)cc1. The highest BCUT2D eigenvalue weighted by Gasteiger charge is 2.16. The second-order valence-corrected chi connectivity index (χ2v) is 7.55. The van der Waals surface area contributed by atoms with Gasteiger partial charge in [0.1, 0.15) is 11.6 Å². The van der Waals surface area contributed by atoms with Gasteiger partial charge in [-0.05, 0) is 73.5 Å². The molecule has 2 heterocycles. The lowest BCUT2D eigenvalue weighted by atomic mass is 10.1. The van der Waals surface area contributed by atoms with Crippen molar-refractivity contribution in [2.45, 2.75) is 20.4 Å². The quantitative estimate of drug-likeness (QED) is 0.443. The first-order valence-corrected chi connectivity index (χ1v) is 10.2. The summed E-state index contributed by atoms with van der Waals surface area (Å²) in [6.07, 6.45) is 1.55. The molecule has 1 aliphatic heterocycles. The van der Waals surface area contributed by atoms with E-state index in [2.05, 4.69) is 5.32 Å². The Labute approximate surface area is 190 Å². The van der Waals surface area contributed by atoms with Crippen LogP contribution < -0.4 is 14.8 Å². The predicted octanol–water partition coefficient (Wildman–Crippen LogP) is 3.74. The van der Waals surface area contributed by atoms with Gasteiger partial charge in [0.25, 0.3) is 5.91 Å². The number of nitrogens with zero attached hydrogens (tertiary/aromatic N) is 2. The molecule has 33 heavy (non-hydrogen) atoms. The molecule has 0 unspecified atom stereocenters. The molecule has 0 aliphatic carbocycles. The van der Waals surface area contributed by atoms with Crippen molar-refractivity contribution in [3.8, 4) is 23.3 Å². The highest BCUT2D eigenvalue weighted by Crippen LogP contribution is 2.32. The van der Waals surface area contributed by atoms with E-state index in [1.807, 2.05) is 36.6 Å². The van der Waals surface area contributed by atoms with Crippen LogP contribution in [0.5, 0.6) is 11.5 Å². The van der Waals surface area contributed by atoms with Gasteiger partial charge in [0.05, 0.1) is 5.56 Å². The molecule has 1 amide bonds. The molecule has 0 radical (unpaired) electrons. The Morgan fingerprint density at radius 1 is 1.12 bits per heavy atom. The second-order valence-electron chi connectivity index (χ2n) is 7.55. The molecule has 4 rings (SSSR count). The molecule has 0 atom stereocenters. The third kappa shape index (κ3) is 4.43. The number of nitriles is 1. The first-order chi connectivity index (χ1) is 15.9. The minimum atomic E-state index is -0.989. The number of hydrogen-bond donors (Lipinski definition) is 2. The zero-order chi connectivity index (χ0) is 23.5. The Morgan fingerprint density at radius 2 is 1.85 bits per heavy atom. The first-order valence-electron chi connectivity index (χ1n) is 10.2. The van der Waals surface area contributed by atoms with Gasteiger partial charge < -0.3 is 24.5 Å². The van der Waals surface area contributed by atoms with Crippen molar-refractivity contribution >= 4 is 18.0 Å². The van der Waals surface area contributed by atoms with E-state index < -0.39 is 11.9 Å². The van der Waals surface area contributed by atoms with Crippen LogP contribution in [0.15, 0.2) is 54.1 Å². The van der Waals surface area contributed by atoms with Crippen LogP contribution in [0, 0.1) is 25.2 Å². The van der Waals surface area contributed by atoms with Crippen molar-refractivity contribution in [1.29, 1.82) is 5.26 Å². The average molecular weight is 443 g/mol. The number of carbonyl (C=O) groups excluding carboxylic acids is 1. The molecule has 0 fully saturated rings. The number of hydrogen-bond acceptors (Lipinski definition) is 5. The smallest absolute Gasteiger partial charge is 0.335 e. The lowest BCUT2D eigenvalue weighted by Crippen LogP contribution is -2.23. The van der Waals surface area contributed by atoms with Gasteiger partial charge in [-0.2, -0.15) is 5.26 Å². The second kappa shape index (κ2) is 8.93. The minimum Gasteiger partial charge on any atom is -0.478 e. The van der Waals surface area contributed by atoms with Crippen molar-refractivity contribution in [2.75, 3.05) is 6.79 Å². The van der Waals surface area contributed by atoms with Crippen LogP contribution in [0.4, 0.5) is 0 Å². The minimum absolute atomic E-state index is 0.0165. The molecular weight excluding hydrogens is 422 g/mol. The number of nitrogens with one attached hydrogen (secondary N) is 1. The summed E-state index contributed by atoms with van der Waals surface area (Å²) in [6, 6.07) is 15.8. The number of carboxylic acids is 1. The van der Waals surface area contributed by atoms with Crippen LogP contribution in [-0.2, 0) is 11.3 Å². The summed E-state index contributed by atoms with van der Waals surface area (Å²) in [7, 11) is 0. The predicted molar refractivity (Wildman–Crippen MR) is 120 cm³/mol. The molecule has 3 aromatic rings. The Morgan fingerprint density at radius 3 is 2.55 bits per heavy atom. The Hall–Kier alpha value is -4.51. The highest BCUT2D eigenvalue weighted by molar-refractivity contribution is 6.01. The number of carbonyl (C=O) groups is 2. The molecule has 0 spiro atoms. The van der Waals surface area contributed by atoms with Crippen LogP contribution >= 0.6 is 0 Å². The number of ether oxygens (including phenoxy) is 2. The first kappa shape index (κ1) is 21.7. The van der Waals surface area contributed by atoms with Gasteiger partial charge in [-0.15, -0.1) is 0 Å². The summed E-state index contributed by atoms with van der Waals surface area (Å²) in [6.45, 7) is 4.20. The number of aromatic carboxylic acids is 1. The van der Waals surface area contributed by atoms with Gasteiger partial charge in [0.15, 0.2) is 11.5 Å². The highest BCUT2D eigenvalue weighted by atomic mass is 16.7. The van der Waals surface area contributed by atoms with E-state index in [0.29, 0.717) is 11.5 Å². The van der Waals surface area contributed by atoms with E-state index in [4.69, 9.17) is 14.6 Å². The number of amides is 1. The zero-order valence-electron chi connectivity index (χ0n) is 18.1. The molecule has 0 saturated carbocycles. The summed E-state index contributed by atoms with van der Waals surface area (Å²) in [5.74, 6) is -0.181. The van der Waals surface area contributed by atoms with E-state index in [1.165, 1.54) is 12.1 Å². The molecule has 0 bridgehead atoms. The number of fused-ring (bicyclic) bond motifs is 1. The van der Waals surface area contributed by atoms with Crippen molar-refractivity contribution in [2.24, 2.45) is 0 Å². The van der Waals surface area contributed by atoms with Crippen molar-refractivity contribution < 1.29 is 24.2 Å². The molecule has 8 nitrogen and oxygen atoms in total. The van der Waals surface area contributed by atoms with Gasteiger partial charge >= 0.3 is 5.97 Å². The van der Waals surface area contributed by atoms with Gasteiger partial charge in [0.2, 0.25) is 6.79 Å². The lowest BCUT2D eigenvalue weighted by molar-refractivity contribution is -0.117. The van der Waals surface area contributed by atoms with Crippen LogP contribution in [0.2, 0.25) is 0 Å². The molecule has 0 saturated heterocycles. The number of aryl methyl sites for hydroxylation is 1. The van der Waals surface area contributed by atoms with E-state index in [0.717, 1.165) is 28.2 Å². The largest absolute Gasteiger partial charge is 0.478 e. The van der Waals surface area contributed by atoms with Crippen LogP contribution in [0.3, 0.4) is 0 Å². The van der Waals surface area contributed by atoms with Gasteiger partial charge in [-0.3, -0.25) is 4.79 Å². The molecular formula is C25H21N3O5. The van der Waals surface area contributed by atoms with E-state index in [9.17, 15) is 14.9 Å². The topological polar surface area (TPSA) is 114 Å². The van der Waals surface area contributed by atoms with E-state index in [1.54, 1.807) is 30.3 Å². The lowest BCUT2D eigenvalue weighted by Gasteiger charge is -2.10. The zero-order valence-corrected chi connectivity index (χ0v) is 18.1. The van der Waals surface area contributed by atoms with Gasteiger partial charge in [0, 0.05) is 23.6 Å². The molecule has 166 valence electrons. The van der Waals surface area contributed by atoms with Crippen LogP contribution in [0.1, 0.15) is 32.9 Å². The molecule has 2 aromatic carbocycles. The summed E-state index contributed by atoms with van der Waals surface area (Å²) in [5, 5.41) is 21.4.